The maximum absolute atomic E-state index is 12.6. The van der Waals surface area contributed by atoms with Gasteiger partial charge < -0.3 is 10.6 Å². The van der Waals surface area contributed by atoms with E-state index in [1.807, 2.05) is 65.5 Å². The lowest BCUT2D eigenvalue weighted by atomic mass is 10.3. The molecule has 152 valence electrons. The van der Waals surface area contributed by atoms with Crippen molar-refractivity contribution in [3.05, 3.63) is 69.5 Å². The van der Waals surface area contributed by atoms with Gasteiger partial charge >= 0.3 is 0 Å². The summed E-state index contributed by atoms with van der Waals surface area (Å²) in [5, 5.41) is 11.9. The molecule has 2 amide bonds. The van der Waals surface area contributed by atoms with Gasteiger partial charge in [0.1, 0.15) is 0 Å². The highest BCUT2D eigenvalue weighted by Gasteiger charge is 2.17. The van der Waals surface area contributed by atoms with Gasteiger partial charge in [-0.05, 0) is 48.0 Å². The van der Waals surface area contributed by atoms with E-state index in [9.17, 15) is 9.59 Å². The van der Waals surface area contributed by atoms with Crippen LogP contribution in [-0.2, 0) is 4.79 Å². The highest BCUT2D eigenvalue weighted by atomic mass is 32.2. The molecule has 0 radical (unpaired) electrons. The second-order valence-electron chi connectivity index (χ2n) is 6.22. The summed E-state index contributed by atoms with van der Waals surface area (Å²) in [5.74, 6) is -0.247. The molecule has 1 atom stereocenters. The third-order valence-electron chi connectivity index (χ3n) is 4.03. The average Bonchev–Trinajstić information content (AvgIpc) is 3.49. The number of nitrogens with one attached hydrogen (secondary N) is 2. The predicted octanol–water partition coefficient (Wildman–Crippen LogP) is 6.30. The number of carbonyl (C=O) groups excluding carboxylic acids is 2. The van der Waals surface area contributed by atoms with Crippen molar-refractivity contribution in [2.45, 2.75) is 17.1 Å². The summed E-state index contributed by atoms with van der Waals surface area (Å²) in [6.07, 6.45) is 0. The molecule has 0 fully saturated rings. The molecule has 0 aliphatic heterocycles. The Bertz CT molecular complexity index is 1140. The average molecular weight is 472 g/mol. The van der Waals surface area contributed by atoms with E-state index >= 15 is 0 Å². The van der Waals surface area contributed by atoms with Crippen LogP contribution in [0.25, 0.3) is 10.6 Å². The normalized spacial score (nSPS) is 11.8. The Hall–Kier alpha value is -2.46. The fourth-order valence-electron chi connectivity index (χ4n) is 2.58. The van der Waals surface area contributed by atoms with E-state index in [0.29, 0.717) is 15.7 Å². The van der Waals surface area contributed by atoms with Gasteiger partial charge in [0.15, 0.2) is 5.13 Å². The van der Waals surface area contributed by atoms with Crippen LogP contribution in [0.5, 0.6) is 0 Å². The molecule has 3 aromatic heterocycles. The maximum Gasteiger partial charge on any atom is 0.265 e. The topological polar surface area (TPSA) is 71.1 Å². The van der Waals surface area contributed by atoms with Gasteiger partial charge in [-0.3, -0.25) is 9.59 Å². The fraction of sp³-hybridized carbons (Fsp3) is 0.0952. The van der Waals surface area contributed by atoms with Crippen LogP contribution in [0.3, 0.4) is 0 Å². The monoisotopic (exact) mass is 471 g/mol. The van der Waals surface area contributed by atoms with E-state index in [1.165, 1.54) is 34.4 Å². The van der Waals surface area contributed by atoms with E-state index in [4.69, 9.17) is 0 Å². The van der Waals surface area contributed by atoms with Crippen LogP contribution >= 0.6 is 45.8 Å². The van der Waals surface area contributed by atoms with Crippen LogP contribution in [0.15, 0.2) is 69.6 Å². The van der Waals surface area contributed by atoms with Crippen molar-refractivity contribution in [3.63, 3.8) is 0 Å². The molecular formula is C21H17N3O2S4. The van der Waals surface area contributed by atoms with Gasteiger partial charge in [0.05, 0.1) is 20.7 Å². The molecule has 2 N–H and O–H groups in total. The number of thiophene rings is 2. The van der Waals surface area contributed by atoms with E-state index < -0.39 is 0 Å². The summed E-state index contributed by atoms with van der Waals surface area (Å²) >= 11 is 5.86. The molecule has 1 unspecified atom stereocenters. The van der Waals surface area contributed by atoms with Gasteiger partial charge in [-0.15, -0.1) is 45.8 Å². The lowest BCUT2D eigenvalue weighted by Crippen LogP contribution is -2.22. The Kier molecular flexibility index (Phi) is 6.63. The summed E-state index contributed by atoms with van der Waals surface area (Å²) in [5.41, 5.74) is 1.58. The van der Waals surface area contributed by atoms with Gasteiger partial charge in [0, 0.05) is 16.0 Å². The molecule has 0 bridgehead atoms. The molecule has 0 saturated heterocycles. The third kappa shape index (κ3) is 5.17. The second kappa shape index (κ2) is 9.57. The Morgan fingerprint density at radius 1 is 1.00 bits per heavy atom. The number of carbonyl (C=O) groups is 2. The van der Waals surface area contributed by atoms with Crippen molar-refractivity contribution >= 4 is 68.4 Å². The summed E-state index contributed by atoms with van der Waals surface area (Å²) in [4.78, 5) is 32.0. The standard InChI is InChI=1S/C21H17N3O2S4/c1-13(19(25)24-21-23-16(12-29-21)17-7-3-9-27-17)30-15-6-2-5-14(11-15)22-20(26)18-8-4-10-28-18/h2-13H,1H3,(H,22,26)(H,23,24,25). The number of hydrogen-bond acceptors (Lipinski definition) is 7. The smallest absolute Gasteiger partial charge is 0.265 e. The molecule has 0 saturated carbocycles. The van der Waals surface area contributed by atoms with Crippen LogP contribution in [0, 0.1) is 0 Å². The summed E-state index contributed by atoms with van der Waals surface area (Å²) < 4.78 is 0. The van der Waals surface area contributed by atoms with Crippen LogP contribution < -0.4 is 10.6 Å². The molecule has 0 aliphatic rings. The third-order valence-corrected chi connectivity index (χ3v) is 7.64. The zero-order chi connectivity index (χ0) is 20.9. The Morgan fingerprint density at radius 2 is 1.83 bits per heavy atom. The number of benzene rings is 1. The molecule has 4 rings (SSSR count). The molecule has 0 spiro atoms. The quantitative estimate of drug-likeness (QED) is 0.310. The zero-order valence-corrected chi connectivity index (χ0v) is 19.1. The number of amides is 2. The predicted molar refractivity (Wildman–Crippen MR) is 128 cm³/mol. The molecule has 5 nitrogen and oxygen atoms in total. The number of aromatic nitrogens is 1. The largest absolute Gasteiger partial charge is 0.321 e. The first-order chi connectivity index (χ1) is 14.6. The van der Waals surface area contributed by atoms with Gasteiger partial charge in [-0.1, -0.05) is 18.2 Å². The van der Waals surface area contributed by atoms with Crippen molar-refractivity contribution in [2.75, 3.05) is 10.6 Å². The lowest BCUT2D eigenvalue weighted by molar-refractivity contribution is -0.115. The van der Waals surface area contributed by atoms with Crippen molar-refractivity contribution in [2.24, 2.45) is 0 Å². The molecule has 4 aromatic rings. The highest BCUT2D eigenvalue weighted by Crippen LogP contribution is 2.30. The first-order valence-electron chi connectivity index (χ1n) is 9.00. The van der Waals surface area contributed by atoms with E-state index in [0.717, 1.165) is 15.5 Å². The summed E-state index contributed by atoms with van der Waals surface area (Å²) in [6, 6.07) is 15.1. The molecule has 3 heterocycles. The maximum atomic E-state index is 12.6. The molecule has 1 aromatic carbocycles. The lowest BCUT2D eigenvalue weighted by Gasteiger charge is -2.12. The van der Waals surface area contributed by atoms with Crippen molar-refractivity contribution < 1.29 is 9.59 Å². The Labute approximate surface area is 190 Å². The van der Waals surface area contributed by atoms with Crippen LogP contribution in [0.4, 0.5) is 10.8 Å². The zero-order valence-electron chi connectivity index (χ0n) is 15.8. The summed E-state index contributed by atoms with van der Waals surface area (Å²) in [7, 11) is 0. The SMILES string of the molecule is CC(Sc1cccc(NC(=O)c2cccs2)c1)C(=O)Nc1nc(-c2cccs2)cs1. The van der Waals surface area contributed by atoms with Crippen LogP contribution in [0.2, 0.25) is 0 Å². The first kappa shape index (κ1) is 20.8. The van der Waals surface area contributed by atoms with Gasteiger partial charge in [0.2, 0.25) is 5.91 Å². The Morgan fingerprint density at radius 3 is 2.60 bits per heavy atom. The first-order valence-corrected chi connectivity index (χ1v) is 12.5. The van der Waals surface area contributed by atoms with Gasteiger partial charge in [0.25, 0.3) is 5.91 Å². The Balaban J connectivity index is 1.35. The molecular weight excluding hydrogens is 455 g/mol. The van der Waals surface area contributed by atoms with Crippen molar-refractivity contribution in [3.8, 4) is 10.6 Å². The number of thioether (sulfide) groups is 1. The molecule has 0 aliphatic carbocycles. The summed E-state index contributed by atoms with van der Waals surface area (Å²) in [6.45, 7) is 1.85. The number of thiazole rings is 1. The van der Waals surface area contributed by atoms with Gasteiger partial charge in [-0.2, -0.15) is 0 Å². The number of rotatable bonds is 7. The van der Waals surface area contributed by atoms with Crippen molar-refractivity contribution in [1.29, 1.82) is 0 Å². The van der Waals surface area contributed by atoms with Gasteiger partial charge in [-0.25, -0.2) is 4.98 Å². The molecule has 30 heavy (non-hydrogen) atoms. The fourth-order valence-corrected chi connectivity index (χ4v) is 5.60. The highest BCUT2D eigenvalue weighted by molar-refractivity contribution is 8.00. The minimum atomic E-state index is -0.317. The second-order valence-corrected chi connectivity index (χ2v) is 10.4. The minimum absolute atomic E-state index is 0.111. The van der Waals surface area contributed by atoms with Crippen molar-refractivity contribution in [1.82, 2.24) is 4.98 Å². The van der Waals surface area contributed by atoms with E-state index in [2.05, 4.69) is 15.6 Å². The number of anilines is 2. The van der Waals surface area contributed by atoms with E-state index in [1.54, 1.807) is 17.4 Å². The molecule has 9 heteroatoms. The minimum Gasteiger partial charge on any atom is -0.321 e. The number of hydrogen-bond donors (Lipinski definition) is 2. The van der Waals surface area contributed by atoms with Crippen LogP contribution in [-0.4, -0.2) is 22.0 Å². The van der Waals surface area contributed by atoms with Crippen LogP contribution in [0.1, 0.15) is 16.6 Å². The van der Waals surface area contributed by atoms with E-state index in [-0.39, 0.29) is 17.1 Å². The number of nitrogens with zero attached hydrogens (tertiary/aromatic N) is 1.